The van der Waals surface area contributed by atoms with Crippen molar-refractivity contribution < 1.29 is 18.4 Å². The first-order chi connectivity index (χ1) is 14.3. The zero-order chi connectivity index (χ0) is 22.0. The maximum atomic E-state index is 11.5. The van der Waals surface area contributed by atoms with Gasteiger partial charge in [0.25, 0.3) is 23.4 Å². The van der Waals surface area contributed by atoms with E-state index in [4.69, 9.17) is 23.2 Å². The molecule has 0 saturated carbocycles. The number of carbonyl (C=O) groups is 2. The fraction of sp³-hybridized carbons (Fsp3) is 0. The molecule has 4 aromatic rings. The second kappa shape index (κ2) is 8.31. The van der Waals surface area contributed by atoms with Crippen molar-refractivity contribution in [1.82, 2.24) is 9.46 Å². The SMILES string of the molecule is O=Cc1c[n+](=O)c2cc(Cl)ccc2n1[O-].O=Cc1c[n+](=O)c2ccc(Cl)cc2n1[O-]. The average molecular weight is 449 g/mol. The Bertz CT molecular complexity index is 1430. The lowest BCUT2D eigenvalue weighted by Gasteiger charge is -2.12. The minimum atomic E-state index is -0.250. The maximum Gasteiger partial charge on any atom is 0.287 e. The van der Waals surface area contributed by atoms with Gasteiger partial charge in [0.15, 0.2) is 12.6 Å². The van der Waals surface area contributed by atoms with Crippen LogP contribution >= 0.6 is 23.2 Å². The molecule has 152 valence electrons. The van der Waals surface area contributed by atoms with Gasteiger partial charge in [-0.1, -0.05) is 23.2 Å². The standard InChI is InChI=1S/2C9H5ClN2O3/c10-6-1-2-8-9(3-6)11(14)4-7(5-13)12(8)15;10-6-1-2-8-9(3-6)12(15)7(5-13)4-11(8)14/h2*1-5H. The van der Waals surface area contributed by atoms with Crippen LogP contribution in [0.3, 0.4) is 0 Å². The van der Waals surface area contributed by atoms with Crippen LogP contribution in [0.5, 0.6) is 0 Å². The molecule has 10 nitrogen and oxygen atoms in total. The second-order valence-corrected chi connectivity index (χ2v) is 6.72. The van der Waals surface area contributed by atoms with Gasteiger partial charge in [-0.3, -0.25) is 9.59 Å². The number of fused-ring (bicyclic) bond motifs is 2. The van der Waals surface area contributed by atoms with Crippen molar-refractivity contribution >= 4 is 57.8 Å². The first kappa shape index (κ1) is 21.0. The molecule has 0 N–H and O–H groups in total. The Morgan fingerprint density at radius 1 is 0.733 bits per heavy atom. The van der Waals surface area contributed by atoms with Gasteiger partial charge in [0.2, 0.25) is 0 Å². The van der Waals surface area contributed by atoms with Crippen LogP contribution in [0.4, 0.5) is 0 Å². The number of hydrogen-bond donors (Lipinski definition) is 0. The summed E-state index contributed by atoms with van der Waals surface area (Å²) in [4.78, 5) is 43.8. The Balaban J connectivity index is 0.000000171. The number of nitrogens with zero attached hydrogens (tertiary/aromatic N) is 4. The van der Waals surface area contributed by atoms with E-state index in [-0.39, 0.29) is 33.5 Å². The Morgan fingerprint density at radius 2 is 1.23 bits per heavy atom. The lowest BCUT2D eigenvalue weighted by atomic mass is 10.3. The van der Waals surface area contributed by atoms with Gasteiger partial charge in [0, 0.05) is 32.0 Å². The molecule has 0 bridgehead atoms. The highest BCUT2D eigenvalue weighted by Gasteiger charge is 2.12. The number of benzene rings is 2. The van der Waals surface area contributed by atoms with E-state index < -0.39 is 0 Å². The molecule has 0 aliphatic rings. The molecule has 12 heteroatoms. The summed E-state index contributed by atoms with van der Waals surface area (Å²) in [5.41, 5.74) is -0.0104. The summed E-state index contributed by atoms with van der Waals surface area (Å²) in [5.74, 6) is 0. The summed E-state index contributed by atoms with van der Waals surface area (Å²) >= 11 is 11.4. The molecule has 2 heterocycles. The van der Waals surface area contributed by atoms with Gasteiger partial charge in [0.1, 0.15) is 22.4 Å². The number of aldehydes is 2. The molecule has 30 heavy (non-hydrogen) atoms. The monoisotopic (exact) mass is 448 g/mol. The van der Waals surface area contributed by atoms with Crippen molar-refractivity contribution in [3.63, 3.8) is 0 Å². The van der Waals surface area contributed by atoms with E-state index in [2.05, 4.69) is 0 Å². The molecule has 0 fully saturated rings. The topological polar surface area (TPSA) is 136 Å². The minimum absolute atomic E-state index is 0.0714. The van der Waals surface area contributed by atoms with Crippen LogP contribution in [0.25, 0.3) is 22.1 Å². The highest BCUT2D eigenvalue weighted by molar-refractivity contribution is 6.31. The fourth-order valence-electron chi connectivity index (χ4n) is 2.61. The van der Waals surface area contributed by atoms with Gasteiger partial charge in [-0.2, -0.15) is 0 Å². The van der Waals surface area contributed by atoms with Crippen LogP contribution in [-0.4, -0.2) is 22.0 Å². The predicted octanol–water partition coefficient (Wildman–Crippen LogP) is 2.74. The smallest absolute Gasteiger partial charge is 0.287 e. The molecule has 0 radical (unpaired) electrons. The molecular weight excluding hydrogens is 439 g/mol. The van der Waals surface area contributed by atoms with E-state index in [0.29, 0.717) is 40.9 Å². The van der Waals surface area contributed by atoms with E-state index in [9.17, 15) is 29.8 Å². The van der Waals surface area contributed by atoms with Gasteiger partial charge in [-0.15, -0.1) is 0 Å². The number of carbonyl (C=O) groups excluding carboxylic acids is 2. The number of aromatic nitrogens is 4. The zero-order valence-corrected chi connectivity index (χ0v) is 16.3. The summed E-state index contributed by atoms with van der Waals surface area (Å²) in [6.45, 7) is 0. The van der Waals surface area contributed by atoms with Crippen LogP contribution in [-0.2, 0) is 0 Å². The Labute approximate surface area is 176 Å². The van der Waals surface area contributed by atoms with Crippen LogP contribution in [0.2, 0.25) is 10.0 Å². The van der Waals surface area contributed by atoms with Crippen molar-refractivity contribution in [2.75, 3.05) is 0 Å². The Kier molecular flexibility index (Phi) is 5.81. The summed E-state index contributed by atoms with van der Waals surface area (Å²) in [6.07, 6.45) is 2.49. The summed E-state index contributed by atoms with van der Waals surface area (Å²) in [7, 11) is 0. The first-order valence-electron chi connectivity index (χ1n) is 8.07. The maximum absolute atomic E-state index is 11.5. The lowest BCUT2D eigenvalue weighted by molar-refractivity contribution is -0.465. The van der Waals surface area contributed by atoms with E-state index in [1.165, 1.54) is 36.4 Å². The van der Waals surface area contributed by atoms with Gasteiger partial charge in [0.05, 0.1) is 8.85 Å². The van der Waals surface area contributed by atoms with E-state index >= 15 is 0 Å². The molecule has 0 aliphatic carbocycles. The van der Waals surface area contributed by atoms with Gasteiger partial charge in [-0.25, -0.2) is 0 Å². The summed E-state index contributed by atoms with van der Waals surface area (Å²) < 4.78 is 1.68. The van der Waals surface area contributed by atoms with Crippen molar-refractivity contribution in [2.24, 2.45) is 0 Å². The first-order valence-corrected chi connectivity index (χ1v) is 8.82. The highest BCUT2D eigenvalue weighted by Crippen LogP contribution is 2.17. The molecule has 0 atom stereocenters. The number of halogens is 2. The zero-order valence-electron chi connectivity index (χ0n) is 14.8. The largest absolute Gasteiger partial charge is 0.805 e. The molecule has 4 rings (SSSR count). The molecule has 2 aromatic carbocycles. The number of hydrogen-bond acceptors (Lipinski definition) is 6. The van der Waals surface area contributed by atoms with Crippen LogP contribution in [0.15, 0.2) is 48.8 Å². The molecule has 0 spiro atoms. The third-order valence-electron chi connectivity index (χ3n) is 4.00. The van der Waals surface area contributed by atoms with Crippen molar-refractivity contribution in [1.29, 1.82) is 0 Å². The molecule has 0 saturated heterocycles. The van der Waals surface area contributed by atoms with E-state index in [1.54, 1.807) is 0 Å². The summed E-state index contributed by atoms with van der Waals surface area (Å²) in [6, 6.07) is 8.50. The van der Waals surface area contributed by atoms with Crippen LogP contribution in [0.1, 0.15) is 21.0 Å². The fourth-order valence-corrected chi connectivity index (χ4v) is 2.94. The second-order valence-electron chi connectivity index (χ2n) is 5.85. The quantitative estimate of drug-likeness (QED) is 0.341. The molecule has 0 aliphatic heterocycles. The van der Waals surface area contributed by atoms with Crippen molar-refractivity contribution in [3.8, 4) is 0 Å². The molecule has 0 unspecified atom stereocenters. The molecule has 2 aromatic heterocycles. The lowest BCUT2D eigenvalue weighted by Crippen LogP contribution is -2.19. The van der Waals surface area contributed by atoms with Crippen molar-refractivity contribution in [3.05, 3.63) is 90.5 Å². The highest BCUT2D eigenvalue weighted by atomic mass is 35.5. The van der Waals surface area contributed by atoms with Gasteiger partial charge >= 0.3 is 0 Å². The van der Waals surface area contributed by atoms with Crippen LogP contribution < -0.4 is 8.85 Å². The van der Waals surface area contributed by atoms with Crippen molar-refractivity contribution in [2.45, 2.75) is 0 Å². The number of rotatable bonds is 2. The Morgan fingerprint density at radius 3 is 1.83 bits per heavy atom. The molecule has 0 amide bonds. The predicted molar refractivity (Wildman–Crippen MR) is 109 cm³/mol. The van der Waals surface area contributed by atoms with Gasteiger partial charge in [-0.05, 0) is 24.3 Å². The van der Waals surface area contributed by atoms with Crippen LogP contribution in [0, 0.1) is 20.2 Å². The van der Waals surface area contributed by atoms with E-state index in [1.807, 2.05) is 0 Å². The minimum Gasteiger partial charge on any atom is -0.805 e. The van der Waals surface area contributed by atoms with Gasteiger partial charge < -0.3 is 19.9 Å². The third kappa shape index (κ3) is 3.86. The average Bonchev–Trinajstić information content (AvgIpc) is 2.73. The summed E-state index contributed by atoms with van der Waals surface area (Å²) in [5, 5.41) is 23.7. The molecular formula is C18H10Cl2N4O6. The third-order valence-corrected chi connectivity index (χ3v) is 4.47. The normalized spacial score (nSPS) is 10.5. The Hall–Kier alpha value is -3.76. The van der Waals surface area contributed by atoms with E-state index in [0.717, 1.165) is 12.4 Å².